The van der Waals surface area contributed by atoms with E-state index in [0.29, 0.717) is 6.85 Å². The fourth-order valence-electron chi connectivity index (χ4n) is 4.15. The Morgan fingerprint density at radius 3 is 2.58 bits per heavy atom. The van der Waals surface area contributed by atoms with Crippen molar-refractivity contribution >= 4 is 12.3 Å². The van der Waals surface area contributed by atoms with Crippen LogP contribution in [0.1, 0.15) is 37.7 Å². The second-order valence-corrected chi connectivity index (χ2v) is 7.61. The van der Waals surface area contributed by atoms with E-state index < -0.39 is 0 Å². The average molecular weight is 322 g/mol. The fourth-order valence-corrected chi connectivity index (χ4v) is 4.15. The molecule has 3 heteroatoms. The van der Waals surface area contributed by atoms with Crippen molar-refractivity contribution in [3.8, 4) is 0 Å². The van der Waals surface area contributed by atoms with Gasteiger partial charge in [-0.3, -0.25) is 0 Å². The molecule has 1 aromatic carbocycles. The molecule has 1 saturated carbocycles. The summed E-state index contributed by atoms with van der Waals surface area (Å²) in [6.45, 7) is 4.82. The Labute approximate surface area is 148 Å². The molecular formula is C21H31BN2. The zero-order valence-electron chi connectivity index (χ0n) is 15.5. The van der Waals surface area contributed by atoms with Gasteiger partial charge >= 0.3 is 6.85 Å². The van der Waals surface area contributed by atoms with Crippen molar-refractivity contribution in [2.45, 2.75) is 39.0 Å². The lowest BCUT2D eigenvalue weighted by atomic mass is 9.51. The third-order valence-corrected chi connectivity index (χ3v) is 5.55. The number of likely N-dealkylation sites (N-methyl/N-ethyl adjacent to an activating group) is 1. The lowest BCUT2D eigenvalue weighted by molar-refractivity contribution is 0.315. The maximum absolute atomic E-state index is 2.68. The van der Waals surface area contributed by atoms with Crippen LogP contribution in [0.3, 0.4) is 0 Å². The molecular weight excluding hydrogens is 291 g/mol. The van der Waals surface area contributed by atoms with Crippen molar-refractivity contribution in [3.63, 3.8) is 0 Å². The zero-order valence-corrected chi connectivity index (χ0v) is 15.5. The van der Waals surface area contributed by atoms with Crippen LogP contribution < -0.4 is 5.46 Å². The molecule has 1 heterocycles. The first-order valence-electron chi connectivity index (χ1n) is 9.52. The molecule has 1 fully saturated rings. The Morgan fingerprint density at radius 2 is 1.88 bits per heavy atom. The quantitative estimate of drug-likeness (QED) is 0.764. The number of hydrogen-bond acceptors (Lipinski definition) is 2. The Hall–Kier alpha value is -1.48. The van der Waals surface area contributed by atoms with Gasteiger partial charge in [0.2, 0.25) is 0 Å². The first kappa shape index (κ1) is 17.4. The molecule has 1 aliphatic heterocycles. The van der Waals surface area contributed by atoms with E-state index in [1.165, 1.54) is 43.1 Å². The van der Waals surface area contributed by atoms with Gasteiger partial charge in [-0.25, -0.2) is 0 Å². The maximum Gasteiger partial charge on any atom is 0.316 e. The Bertz CT molecular complexity index is 600. The highest BCUT2D eigenvalue weighted by molar-refractivity contribution is 6.76. The molecule has 0 radical (unpaired) electrons. The fraction of sp³-hybridized carbons (Fsp3) is 0.524. The number of rotatable bonds is 5. The number of aryl methyl sites for hydroxylation is 1. The van der Waals surface area contributed by atoms with Crippen molar-refractivity contribution in [1.29, 1.82) is 0 Å². The Balaban J connectivity index is 1.88. The van der Waals surface area contributed by atoms with Crippen LogP contribution in [-0.2, 0) is 0 Å². The van der Waals surface area contributed by atoms with Gasteiger partial charge in [0, 0.05) is 18.8 Å². The molecule has 0 unspecified atom stereocenters. The molecule has 24 heavy (non-hydrogen) atoms. The molecule has 1 aliphatic carbocycles. The minimum Gasteiger partial charge on any atom is -0.409 e. The summed E-state index contributed by atoms with van der Waals surface area (Å²) in [5.74, 6) is 3.13. The molecule has 3 rings (SSSR count). The molecule has 0 atom stereocenters. The van der Waals surface area contributed by atoms with E-state index in [0.717, 1.165) is 19.0 Å². The van der Waals surface area contributed by atoms with E-state index in [9.17, 15) is 0 Å². The highest BCUT2D eigenvalue weighted by atomic mass is 15.1. The molecule has 128 valence electrons. The van der Waals surface area contributed by atoms with Crippen molar-refractivity contribution in [2.75, 3.05) is 27.2 Å². The van der Waals surface area contributed by atoms with Crippen molar-refractivity contribution in [1.82, 2.24) is 9.71 Å². The number of allylic oxidation sites excluding steroid dienone is 3. The van der Waals surface area contributed by atoms with E-state index in [2.05, 4.69) is 73.1 Å². The molecule has 0 N–H and O–H groups in total. The Kier molecular flexibility index (Phi) is 5.83. The standard InChI is InChI=1S/C21H31BN2/c1-18-10-7-8-13-20(18)22-15-9-14-21(19-11-5-4-6-12-19)24(22)17-16-23(2)3/h7-10,13-15,19H,4-6,11-12,16-17H2,1-3H3. The van der Waals surface area contributed by atoms with E-state index in [1.807, 2.05) is 0 Å². The predicted molar refractivity (Wildman–Crippen MR) is 106 cm³/mol. The second kappa shape index (κ2) is 8.07. The zero-order chi connectivity index (χ0) is 16.9. The molecule has 2 nitrogen and oxygen atoms in total. The summed E-state index contributed by atoms with van der Waals surface area (Å²) >= 11 is 0. The molecule has 0 amide bonds. The van der Waals surface area contributed by atoms with Crippen LogP contribution in [0.25, 0.3) is 0 Å². The highest BCUT2D eigenvalue weighted by Gasteiger charge is 2.31. The smallest absolute Gasteiger partial charge is 0.316 e. The average Bonchev–Trinajstić information content (AvgIpc) is 2.61. The first-order valence-corrected chi connectivity index (χ1v) is 9.52. The van der Waals surface area contributed by atoms with Crippen LogP contribution >= 0.6 is 0 Å². The summed E-state index contributed by atoms with van der Waals surface area (Å²) in [5.41, 5.74) is 4.42. The van der Waals surface area contributed by atoms with Crippen molar-refractivity contribution in [2.24, 2.45) is 5.92 Å². The SMILES string of the molecule is Cc1ccccc1B1C=CC=C(C2CCCCC2)N1CCN(C)C. The largest absolute Gasteiger partial charge is 0.409 e. The third kappa shape index (κ3) is 3.95. The van der Waals surface area contributed by atoms with E-state index in [-0.39, 0.29) is 0 Å². The number of benzene rings is 1. The third-order valence-electron chi connectivity index (χ3n) is 5.55. The minimum atomic E-state index is 0.382. The molecule has 1 aromatic rings. The Morgan fingerprint density at radius 1 is 1.12 bits per heavy atom. The number of hydrogen-bond donors (Lipinski definition) is 0. The summed E-state index contributed by atoms with van der Waals surface area (Å²) in [6.07, 6.45) is 11.6. The minimum absolute atomic E-state index is 0.382. The van der Waals surface area contributed by atoms with Crippen molar-refractivity contribution in [3.05, 3.63) is 53.7 Å². The second-order valence-electron chi connectivity index (χ2n) is 7.61. The molecule has 0 spiro atoms. The van der Waals surface area contributed by atoms with Gasteiger partial charge in [0.25, 0.3) is 0 Å². The van der Waals surface area contributed by atoms with E-state index >= 15 is 0 Å². The van der Waals surface area contributed by atoms with Crippen LogP contribution in [-0.4, -0.2) is 43.7 Å². The summed E-state index contributed by atoms with van der Waals surface area (Å²) in [5, 5.41) is 0. The monoisotopic (exact) mass is 322 g/mol. The van der Waals surface area contributed by atoms with E-state index in [4.69, 9.17) is 0 Å². The summed E-state index contributed by atoms with van der Waals surface area (Å²) in [6, 6.07) is 8.87. The first-order chi connectivity index (χ1) is 11.7. The normalized spacial score (nSPS) is 19.1. The molecule has 0 saturated heterocycles. The molecule has 0 aromatic heterocycles. The topological polar surface area (TPSA) is 6.48 Å². The lowest BCUT2D eigenvalue weighted by Crippen LogP contribution is -2.52. The van der Waals surface area contributed by atoms with Gasteiger partial charge in [-0.2, -0.15) is 0 Å². The van der Waals surface area contributed by atoms with Crippen LogP contribution in [0, 0.1) is 12.8 Å². The van der Waals surface area contributed by atoms with Gasteiger partial charge in [-0.15, -0.1) is 0 Å². The van der Waals surface area contributed by atoms with Gasteiger partial charge < -0.3 is 9.71 Å². The predicted octanol–water partition coefficient (Wildman–Crippen LogP) is 3.63. The van der Waals surface area contributed by atoms with Gasteiger partial charge in [-0.05, 0) is 51.3 Å². The molecule has 2 aliphatic rings. The van der Waals surface area contributed by atoms with Gasteiger partial charge in [-0.1, -0.05) is 61.1 Å². The van der Waals surface area contributed by atoms with E-state index in [1.54, 1.807) is 5.70 Å². The van der Waals surface area contributed by atoms with Gasteiger partial charge in [0.15, 0.2) is 0 Å². The number of nitrogens with zero attached hydrogens (tertiary/aromatic N) is 2. The van der Waals surface area contributed by atoms with Crippen LogP contribution in [0.15, 0.2) is 48.1 Å². The highest BCUT2D eigenvalue weighted by Crippen LogP contribution is 2.33. The van der Waals surface area contributed by atoms with Gasteiger partial charge in [0.1, 0.15) is 0 Å². The van der Waals surface area contributed by atoms with Crippen LogP contribution in [0.4, 0.5) is 0 Å². The summed E-state index contributed by atoms with van der Waals surface area (Å²) in [7, 11) is 4.35. The van der Waals surface area contributed by atoms with Gasteiger partial charge in [0.05, 0.1) is 0 Å². The summed E-state index contributed by atoms with van der Waals surface area (Å²) in [4.78, 5) is 4.98. The van der Waals surface area contributed by atoms with Crippen LogP contribution in [0.5, 0.6) is 0 Å². The van der Waals surface area contributed by atoms with Crippen molar-refractivity contribution < 1.29 is 0 Å². The molecule has 0 bridgehead atoms. The lowest BCUT2D eigenvalue weighted by Gasteiger charge is -2.40. The maximum atomic E-state index is 2.68. The van der Waals surface area contributed by atoms with Crippen LogP contribution in [0.2, 0.25) is 0 Å². The summed E-state index contributed by atoms with van der Waals surface area (Å²) < 4.78 is 0.